The molecule has 0 aromatic carbocycles. The Morgan fingerprint density at radius 3 is 2.75 bits per heavy atom. The molecule has 0 radical (unpaired) electrons. The van der Waals surface area contributed by atoms with E-state index in [2.05, 4.69) is 5.10 Å². The lowest BCUT2D eigenvalue weighted by Gasteiger charge is -2.37. The summed E-state index contributed by atoms with van der Waals surface area (Å²) in [4.78, 5) is 14.9. The maximum atomic E-state index is 12.9. The summed E-state index contributed by atoms with van der Waals surface area (Å²) in [5, 5.41) is 4.21. The van der Waals surface area contributed by atoms with Gasteiger partial charge in [0, 0.05) is 31.5 Å². The van der Waals surface area contributed by atoms with Crippen molar-refractivity contribution in [2.45, 2.75) is 38.0 Å². The minimum Gasteiger partial charge on any atom is -0.373 e. The molecule has 0 spiro atoms. The molecule has 1 amide bonds. The van der Waals surface area contributed by atoms with Gasteiger partial charge in [-0.25, -0.2) is 0 Å². The number of rotatable bonds is 3. The van der Waals surface area contributed by atoms with Gasteiger partial charge >= 0.3 is 0 Å². The Kier molecular flexibility index (Phi) is 6.53. The van der Waals surface area contributed by atoms with Crippen LogP contribution in [-0.2, 0) is 16.1 Å². The molecule has 5 atom stereocenters. The van der Waals surface area contributed by atoms with E-state index >= 15 is 0 Å². The fourth-order valence-corrected chi connectivity index (χ4v) is 4.56. The molecule has 2 saturated carbocycles. The third-order valence-electron chi connectivity index (χ3n) is 5.67. The van der Waals surface area contributed by atoms with Gasteiger partial charge < -0.3 is 15.4 Å². The topological polar surface area (TPSA) is 73.4 Å². The highest BCUT2D eigenvalue weighted by molar-refractivity contribution is 5.85. The first kappa shape index (κ1) is 19.5. The molecule has 136 valence electrons. The number of nitrogens with zero attached hydrogens (tertiary/aromatic N) is 3. The van der Waals surface area contributed by atoms with E-state index in [1.54, 1.807) is 6.20 Å². The van der Waals surface area contributed by atoms with Crippen LogP contribution in [-0.4, -0.2) is 52.4 Å². The Balaban J connectivity index is 0.00000104. The highest BCUT2D eigenvalue weighted by atomic mass is 35.5. The van der Waals surface area contributed by atoms with Gasteiger partial charge in [0.25, 0.3) is 0 Å². The van der Waals surface area contributed by atoms with Gasteiger partial charge in [0.2, 0.25) is 5.91 Å². The molecule has 4 rings (SSSR count). The highest BCUT2D eigenvalue weighted by Crippen LogP contribution is 2.48. The zero-order valence-corrected chi connectivity index (χ0v) is 15.3. The van der Waals surface area contributed by atoms with Crippen molar-refractivity contribution in [2.24, 2.45) is 23.5 Å². The van der Waals surface area contributed by atoms with Crippen molar-refractivity contribution >= 4 is 30.7 Å². The van der Waals surface area contributed by atoms with Crippen molar-refractivity contribution in [2.75, 3.05) is 19.7 Å². The van der Waals surface area contributed by atoms with E-state index in [0.717, 1.165) is 6.42 Å². The maximum absolute atomic E-state index is 12.9. The number of fused-ring (bicyclic) bond motifs is 2. The van der Waals surface area contributed by atoms with Gasteiger partial charge in [-0.05, 0) is 37.2 Å². The van der Waals surface area contributed by atoms with Crippen molar-refractivity contribution in [3.8, 4) is 0 Å². The molecule has 2 N–H and O–H groups in total. The summed E-state index contributed by atoms with van der Waals surface area (Å²) in [7, 11) is 0. The summed E-state index contributed by atoms with van der Waals surface area (Å²) in [5.74, 6) is 1.38. The fraction of sp³-hybridized carbons (Fsp3) is 0.750. The van der Waals surface area contributed by atoms with Crippen molar-refractivity contribution in [1.29, 1.82) is 0 Å². The van der Waals surface area contributed by atoms with Crippen LogP contribution in [0.4, 0.5) is 0 Å². The number of carbonyl (C=O) groups excluding carboxylic acids is 1. The maximum Gasteiger partial charge on any atom is 0.227 e. The van der Waals surface area contributed by atoms with Crippen molar-refractivity contribution < 1.29 is 9.53 Å². The lowest BCUT2D eigenvalue weighted by molar-refractivity contribution is -0.145. The van der Waals surface area contributed by atoms with Gasteiger partial charge in [0.15, 0.2) is 0 Å². The summed E-state index contributed by atoms with van der Waals surface area (Å²) >= 11 is 0. The van der Waals surface area contributed by atoms with Gasteiger partial charge in [-0.3, -0.25) is 9.48 Å². The molecule has 1 aliphatic heterocycles. The second kappa shape index (κ2) is 8.04. The Bertz CT molecular complexity index is 540. The highest BCUT2D eigenvalue weighted by Gasteiger charge is 2.50. The van der Waals surface area contributed by atoms with E-state index in [4.69, 9.17) is 10.5 Å². The van der Waals surface area contributed by atoms with Crippen molar-refractivity contribution in [3.05, 3.63) is 18.5 Å². The van der Waals surface area contributed by atoms with E-state index in [-0.39, 0.29) is 48.8 Å². The zero-order chi connectivity index (χ0) is 15.1. The number of nitrogens with two attached hydrogens (primary N) is 1. The number of hydrogen-bond acceptors (Lipinski definition) is 4. The molecule has 1 aromatic heterocycles. The minimum absolute atomic E-state index is 0. The smallest absolute Gasteiger partial charge is 0.227 e. The van der Waals surface area contributed by atoms with Gasteiger partial charge in [-0.2, -0.15) is 5.10 Å². The summed E-state index contributed by atoms with van der Waals surface area (Å²) in [5.41, 5.74) is 6.32. The predicted molar refractivity (Wildman–Crippen MR) is 95.3 cm³/mol. The standard InChI is InChI=1S/C16H24N4O2.2ClH/c17-15-12-3-2-11(8-12)14(15)16(21)19-6-7-22-13(9-19)10-20-5-1-4-18-20;;/h1,4-5,11-15H,2-3,6-10,17H2;2*1H. The van der Waals surface area contributed by atoms with Crippen LogP contribution >= 0.6 is 24.8 Å². The molecule has 2 bridgehead atoms. The number of halogens is 2. The largest absolute Gasteiger partial charge is 0.373 e. The van der Waals surface area contributed by atoms with Crippen molar-refractivity contribution in [1.82, 2.24) is 14.7 Å². The molecule has 3 aliphatic rings. The SMILES string of the molecule is Cl.Cl.NC1C2CCC(C2)C1C(=O)N1CCOC(Cn2cccn2)C1. The van der Waals surface area contributed by atoms with Crippen LogP contribution < -0.4 is 5.73 Å². The van der Waals surface area contributed by atoms with E-state index in [9.17, 15) is 4.79 Å². The fourth-order valence-electron chi connectivity index (χ4n) is 4.56. The van der Waals surface area contributed by atoms with Crippen LogP contribution in [0.3, 0.4) is 0 Å². The third-order valence-corrected chi connectivity index (χ3v) is 5.67. The van der Waals surface area contributed by atoms with Crippen LogP contribution in [0.25, 0.3) is 0 Å². The second-order valence-corrected chi connectivity index (χ2v) is 6.94. The summed E-state index contributed by atoms with van der Waals surface area (Å²) < 4.78 is 7.66. The Morgan fingerprint density at radius 2 is 2.08 bits per heavy atom. The molecule has 8 heteroatoms. The van der Waals surface area contributed by atoms with Crippen LogP contribution in [0.2, 0.25) is 0 Å². The monoisotopic (exact) mass is 376 g/mol. The Morgan fingerprint density at radius 1 is 1.29 bits per heavy atom. The zero-order valence-electron chi connectivity index (χ0n) is 13.6. The van der Waals surface area contributed by atoms with Crippen LogP contribution in [0.5, 0.6) is 0 Å². The van der Waals surface area contributed by atoms with Crippen LogP contribution in [0.1, 0.15) is 19.3 Å². The van der Waals surface area contributed by atoms with Crippen LogP contribution in [0.15, 0.2) is 18.5 Å². The lowest BCUT2D eigenvalue weighted by Crippen LogP contribution is -2.53. The number of amides is 1. The number of morpholine rings is 1. The summed E-state index contributed by atoms with van der Waals surface area (Å²) in [6.07, 6.45) is 7.25. The Hall–Kier alpha value is -0.820. The van der Waals surface area contributed by atoms with E-state index in [0.29, 0.717) is 38.1 Å². The second-order valence-electron chi connectivity index (χ2n) is 6.94. The van der Waals surface area contributed by atoms with Gasteiger partial charge in [0.05, 0.1) is 25.2 Å². The number of aromatic nitrogens is 2. The number of hydrogen-bond donors (Lipinski definition) is 1. The molecule has 2 aliphatic carbocycles. The minimum atomic E-state index is 0. The summed E-state index contributed by atoms with van der Waals surface area (Å²) in [6, 6.07) is 1.97. The van der Waals surface area contributed by atoms with Gasteiger partial charge in [0.1, 0.15) is 0 Å². The van der Waals surface area contributed by atoms with Crippen LogP contribution in [0, 0.1) is 17.8 Å². The average Bonchev–Trinajstić information content (AvgIpc) is 3.24. The summed E-state index contributed by atoms with van der Waals surface area (Å²) in [6.45, 7) is 2.64. The van der Waals surface area contributed by atoms with E-state index < -0.39 is 0 Å². The quantitative estimate of drug-likeness (QED) is 0.863. The molecular weight excluding hydrogens is 351 g/mol. The molecule has 1 aromatic rings. The van der Waals surface area contributed by atoms with Crippen molar-refractivity contribution in [3.63, 3.8) is 0 Å². The molecule has 3 fully saturated rings. The first-order valence-electron chi connectivity index (χ1n) is 8.36. The molecule has 2 heterocycles. The first-order valence-corrected chi connectivity index (χ1v) is 8.36. The predicted octanol–water partition coefficient (Wildman–Crippen LogP) is 1.33. The van der Waals surface area contributed by atoms with Gasteiger partial charge in [-0.1, -0.05) is 0 Å². The van der Waals surface area contributed by atoms with E-state index in [1.807, 2.05) is 21.8 Å². The molecule has 5 unspecified atom stereocenters. The Labute approximate surface area is 154 Å². The lowest BCUT2D eigenvalue weighted by atomic mass is 9.84. The number of carbonyl (C=O) groups is 1. The third kappa shape index (κ3) is 3.57. The van der Waals surface area contributed by atoms with E-state index in [1.165, 1.54) is 12.8 Å². The number of ether oxygens (including phenoxy) is 1. The van der Waals surface area contributed by atoms with Gasteiger partial charge in [-0.15, -0.1) is 24.8 Å². The molecule has 1 saturated heterocycles. The average molecular weight is 377 g/mol. The molecular formula is C16H26Cl2N4O2. The molecule has 6 nitrogen and oxygen atoms in total. The molecule has 24 heavy (non-hydrogen) atoms. The normalized spacial score (nSPS) is 34.5. The first-order chi connectivity index (χ1) is 10.7.